The summed E-state index contributed by atoms with van der Waals surface area (Å²) in [5, 5.41) is 9.47. The second-order valence-corrected chi connectivity index (χ2v) is 6.96. The molecule has 17 heavy (non-hydrogen) atoms. The topological polar surface area (TPSA) is 54.4 Å². The number of sulfone groups is 1. The fourth-order valence-electron chi connectivity index (χ4n) is 1.31. The molecule has 0 saturated carbocycles. The maximum atomic E-state index is 12.6. The lowest BCUT2D eigenvalue weighted by Gasteiger charge is -2.16. The zero-order valence-corrected chi connectivity index (χ0v) is 10.8. The third-order valence-corrected chi connectivity index (χ3v) is 3.92. The Kier molecular flexibility index (Phi) is 4.27. The van der Waals surface area contributed by atoms with Crippen molar-refractivity contribution in [2.24, 2.45) is 0 Å². The fourth-order valence-corrected chi connectivity index (χ4v) is 2.97. The van der Waals surface area contributed by atoms with E-state index in [0.717, 1.165) is 0 Å². The molecule has 0 aliphatic carbocycles. The summed E-state index contributed by atoms with van der Waals surface area (Å²) < 4.78 is 36.1. The molecule has 1 aromatic rings. The fraction of sp³-hybridized carbons (Fsp3) is 0.500. The maximum Gasteiger partial charge on any atom is 0.154 e. The van der Waals surface area contributed by atoms with Crippen LogP contribution in [0.4, 0.5) is 4.39 Å². The Morgan fingerprint density at radius 1 is 1.24 bits per heavy atom. The van der Waals surface area contributed by atoms with Crippen LogP contribution in [-0.4, -0.2) is 24.9 Å². The molecule has 0 heterocycles. The number of rotatable bonds is 5. The van der Waals surface area contributed by atoms with Gasteiger partial charge in [-0.15, -0.1) is 0 Å². The second-order valence-electron chi connectivity index (χ2n) is 4.78. The van der Waals surface area contributed by atoms with Gasteiger partial charge >= 0.3 is 0 Å². The monoisotopic (exact) mass is 260 g/mol. The van der Waals surface area contributed by atoms with Crippen molar-refractivity contribution in [3.63, 3.8) is 0 Å². The van der Waals surface area contributed by atoms with Gasteiger partial charge < -0.3 is 5.11 Å². The third-order valence-electron chi connectivity index (χ3n) is 2.32. The van der Waals surface area contributed by atoms with Gasteiger partial charge in [-0.3, -0.25) is 0 Å². The highest BCUT2D eigenvalue weighted by Gasteiger charge is 2.19. The first-order valence-electron chi connectivity index (χ1n) is 5.35. The molecule has 1 aromatic carbocycles. The lowest BCUT2D eigenvalue weighted by atomic mass is 10.1. The Morgan fingerprint density at radius 3 is 2.24 bits per heavy atom. The molecule has 0 fully saturated rings. The van der Waals surface area contributed by atoms with Crippen LogP contribution in [0.15, 0.2) is 24.3 Å². The van der Waals surface area contributed by atoms with Gasteiger partial charge in [-0.1, -0.05) is 12.1 Å². The van der Waals surface area contributed by atoms with E-state index in [2.05, 4.69) is 0 Å². The van der Waals surface area contributed by atoms with Gasteiger partial charge in [0.2, 0.25) is 0 Å². The molecule has 0 unspecified atom stereocenters. The molecule has 3 nitrogen and oxygen atoms in total. The molecular formula is C12H17FO3S. The Hall–Kier alpha value is -0.940. The van der Waals surface area contributed by atoms with Gasteiger partial charge in [0, 0.05) is 0 Å². The van der Waals surface area contributed by atoms with Crippen LogP contribution in [0.3, 0.4) is 0 Å². The normalized spacial score (nSPS) is 12.7. The Labute approximate surface area is 101 Å². The largest absolute Gasteiger partial charge is 0.390 e. The quantitative estimate of drug-likeness (QED) is 0.879. The molecule has 0 bridgehead atoms. The summed E-state index contributed by atoms with van der Waals surface area (Å²) in [6.45, 7) is 3.14. The van der Waals surface area contributed by atoms with E-state index >= 15 is 0 Å². The van der Waals surface area contributed by atoms with Gasteiger partial charge in [0.05, 0.1) is 17.1 Å². The summed E-state index contributed by atoms with van der Waals surface area (Å²) in [5.74, 6) is -0.584. The number of halogens is 1. The second kappa shape index (κ2) is 5.14. The van der Waals surface area contributed by atoms with Crippen molar-refractivity contribution >= 4 is 9.84 Å². The SMILES string of the molecule is CC(C)(O)CCS(=O)(=O)Cc1ccc(F)cc1. The summed E-state index contributed by atoms with van der Waals surface area (Å²) in [6, 6.07) is 5.38. The molecule has 0 radical (unpaired) electrons. The van der Waals surface area contributed by atoms with Crippen LogP contribution in [0.5, 0.6) is 0 Å². The van der Waals surface area contributed by atoms with Crippen molar-refractivity contribution in [2.75, 3.05) is 5.75 Å². The molecule has 0 aliphatic heterocycles. The van der Waals surface area contributed by atoms with Crippen molar-refractivity contribution in [1.82, 2.24) is 0 Å². The van der Waals surface area contributed by atoms with Crippen LogP contribution in [0.2, 0.25) is 0 Å². The van der Waals surface area contributed by atoms with E-state index in [9.17, 15) is 17.9 Å². The number of hydrogen-bond acceptors (Lipinski definition) is 3. The van der Waals surface area contributed by atoms with Crippen LogP contribution in [-0.2, 0) is 15.6 Å². The molecular weight excluding hydrogens is 243 g/mol. The zero-order chi connectivity index (χ0) is 13.1. The molecule has 0 aromatic heterocycles. The highest BCUT2D eigenvalue weighted by atomic mass is 32.2. The van der Waals surface area contributed by atoms with Gasteiger partial charge in [0.15, 0.2) is 9.84 Å². The van der Waals surface area contributed by atoms with Gasteiger partial charge in [-0.05, 0) is 38.0 Å². The van der Waals surface area contributed by atoms with E-state index in [1.165, 1.54) is 24.3 Å². The first-order valence-corrected chi connectivity index (χ1v) is 7.17. The Bertz CT molecular complexity index is 458. The van der Waals surface area contributed by atoms with Crippen molar-refractivity contribution in [3.8, 4) is 0 Å². The average molecular weight is 260 g/mol. The zero-order valence-electron chi connectivity index (χ0n) is 9.98. The van der Waals surface area contributed by atoms with Crippen LogP contribution in [0.25, 0.3) is 0 Å². The summed E-state index contributed by atoms with van der Waals surface area (Å²) in [6.07, 6.45) is 0.191. The lowest BCUT2D eigenvalue weighted by Crippen LogP contribution is -2.23. The van der Waals surface area contributed by atoms with Gasteiger partial charge in [-0.2, -0.15) is 0 Å². The van der Waals surface area contributed by atoms with Crippen LogP contribution in [0.1, 0.15) is 25.8 Å². The van der Waals surface area contributed by atoms with E-state index in [1.54, 1.807) is 13.8 Å². The van der Waals surface area contributed by atoms with E-state index in [0.29, 0.717) is 5.56 Å². The minimum absolute atomic E-state index is 0.0755. The molecule has 1 N–H and O–H groups in total. The van der Waals surface area contributed by atoms with Crippen molar-refractivity contribution < 1.29 is 17.9 Å². The summed E-state index contributed by atoms with van der Waals surface area (Å²) in [4.78, 5) is 0. The van der Waals surface area contributed by atoms with E-state index < -0.39 is 15.4 Å². The Balaban J connectivity index is 2.64. The minimum Gasteiger partial charge on any atom is -0.390 e. The van der Waals surface area contributed by atoms with Crippen molar-refractivity contribution in [3.05, 3.63) is 35.6 Å². The standard InChI is InChI=1S/C12H17FO3S/c1-12(2,14)7-8-17(15,16)9-10-3-5-11(13)6-4-10/h3-6,14H,7-9H2,1-2H3. The predicted molar refractivity (Wildman–Crippen MR) is 64.8 cm³/mol. The average Bonchev–Trinajstić information content (AvgIpc) is 2.18. The summed E-state index contributed by atoms with van der Waals surface area (Å²) >= 11 is 0. The lowest BCUT2D eigenvalue weighted by molar-refractivity contribution is 0.0772. The maximum absolute atomic E-state index is 12.6. The smallest absolute Gasteiger partial charge is 0.154 e. The van der Waals surface area contributed by atoms with Crippen LogP contribution >= 0.6 is 0 Å². The minimum atomic E-state index is -3.26. The van der Waals surface area contributed by atoms with Gasteiger partial charge in [-0.25, -0.2) is 12.8 Å². The van der Waals surface area contributed by atoms with Crippen molar-refractivity contribution in [2.45, 2.75) is 31.6 Å². The predicted octanol–water partition coefficient (Wildman–Crippen LogP) is 1.90. The first-order chi connectivity index (χ1) is 7.68. The third kappa shape index (κ3) is 5.79. The van der Waals surface area contributed by atoms with Crippen molar-refractivity contribution in [1.29, 1.82) is 0 Å². The first kappa shape index (κ1) is 14.1. The van der Waals surface area contributed by atoms with Crippen LogP contribution in [0, 0.1) is 5.82 Å². The molecule has 0 atom stereocenters. The van der Waals surface area contributed by atoms with E-state index in [1.807, 2.05) is 0 Å². The summed E-state index contributed by atoms with van der Waals surface area (Å²) in [7, 11) is -3.26. The van der Waals surface area contributed by atoms with Gasteiger partial charge in [0.1, 0.15) is 5.82 Å². The van der Waals surface area contributed by atoms with Crippen LogP contribution < -0.4 is 0 Å². The molecule has 0 saturated heterocycles. The molecule has 5 heteroatoms. The Morgan fingerprint density at radius 2 is 1.76 bits per heavy atom. The molecule has 0 amide bonds. The number of hydrogen-bond donors (Lipinski definition) is 1. The van der Waals surface area contributed by atoms with E-state index in [-0.39, 0.29) is 23.7 Å². The molecule has 1 rings (SSSR count). The number of aliphatic hydroxyl groups is 1. The summed E-state index contributed by atoms with van der Waals surface area (Å²) in [5.41, 5.74) is -0.433. The number of benzene rings is 1. The van der Waals surface area contributed by atoms with E-state index in [4.69, 9.17) is 0 Å². The highest BCUT2D eigenvalue weighted by Crippen LogP contribution is 2.13. The molecule has 0 spiro atoms. The molecule has 96 valence electrons. The highest BCUT2D eigenvalue weighted by molar-refractivity contribution is 7.90. The van der Waals surface area contributed by atoms with Gasteiger partial charge in [0.25, 0.3) is 0 Å². The molecule has 0 aliphatic rings.